The third-order valence-electron chi connectivity index (χ3n) is 3.77. The van der Waals surface area contributed by atoms with Crippen LogP contribution in [0.25, 0.3) is 10.2 Å². The van der Waals surface area contributed by atoms with Crippen LogP contribution in [0.2, 0.25) is 5.02 Å². The van der Waals surface area contributed by atoms with Gasteiger partial charge in [0.1, 0.15) is 16.5 Å². The van der Waals surface area contributed by atoms with Gasteiger partial charge in [0.25, 0.3) is 0 Å². The molecule has 8 heteroatoms. The lowest BCUT2D eigenvalue weighted by atomic mass is 10.2. The number of hydrogen-bond donors (Lipinski definition) is 1. The van der Waals surface area contributed by atoms with Gasteiger partial charge in [0.15, 0.2) is 0 Å². The maximum absolute atomic E-state index is 12.5. The van der Waals surface area contributed by atoms with Crippen molar-refractivity contribution in [3.63, 3.8) is 0 Å². The van der Waals surface area contributed by atoms with E-state index in [-0.39, 0.29) is 6.03 Å². The minimum absolute atomic E-state index is 0.288. The van der Waals surface area contributed by atoms with Gasteiger partial charge in [-0.05, 0) is 18.2 Å². The SMILES string of the molecule is COc1cc(OC)c(NC(=O)N(C)Cc2nc3ccccc3s2)cc1Cl. The van der Waals surface area contributed by atoms with Gasteiger partial charge < -0.3 is 19.7 Å². The van der Waals surface area contributed by atoms with Crippen molar-refractivity contribution in [3.8, 4) is 11.5 Å². The first kappa shape index (κ1) is 18.3. The summed E-state index contributed by atoms with van der Waals surface area (Å²) in [5, 5.41) is 4.06. The van der Waals surface area contributed by atoms with Crippen molar-refractivity contribution < 1.29 is 14.3 Å². The van der Waals surface area contributed by atoms with Crippen molar-refractivity contribution in [2.75, 3.05) is 26.6 Å². The number of anilines is 1. The van der Waals surface area contributed by atoms with Crippen LogP contribution in [0.3, 0.4) is 0 Å². The Labute approximate surface area is 160 Å². The van der Waals surface area contributed by atoms with E-state index in [0.29, 0.717) is 28.8 Å². The molecule has 0 saturated heterocycles. The molecule has 26 heavy (non-hydrogen) atoms. The molecular weight excluding hydrogens is 374 g/mol. The molecule has 0 unspecified atom stereocenters. The van der Waals surface area contributed by atoms with Crippen LogP contribution in [0.15, 0.2) is 36.4 Å². The summed E-state index contributed by atoms with van der Waals surface area (Å²) in [7, 11) is 4.74. The number of amides is 2. The average Bonchev–Trinajstić information content (AvgIpc) is 3.04. The Morgan fingerprint density at radius 1 is 1.23 bits per heavy atom. The molecule has 0 aliphatic rings. The Hall–Kier alpha value is -2.51. The van der Waals surface area contributed by atoms with Crippen LogP contribution in [0.4, 0.5) is 10.5 Å². The highest BCUT2D eigenvalue weighted by Crippen LogP contribution is 2.36. The lowest BCUT2D eigenvalue weighted by Gasteiger charge is -2.18. The van der Waals surface area contributed by atoms with E-state index >= 15 is 0 Å². The molecule has 0 spiro atoms. The van der Waals surface area contributed by atoms with Crippen molar-refractivity contribution in [2.45, 2.75) is 6.54 Å². The standard InChI is InChI=1S/C18H18ClN3O3S/c1-22(10-17-20-12-6-4-5-7-16(12)26-17)18(23)21-13-8-11(19)14(24-2)9-15(13)25-3/h4-9H,10H2,1-3H3,(H,21,23). The lowest BCUT2D eigenvalue weighted by Crippen LogP contribution is -2.30. The van der Waals surface area contributed by atoms with E-state index in [1.165, 1.54) is 14.2 Å². The number of nitrogens with one attached hydrogen (secondary N) is 1. The molecule has 3 rings (SSSR count). The number of hydrogen-bond acceptors (Lipinski definition) is 5. The summed E-state index contributed by atoms with van der Waals surface area (Å²) in [5.74, 6) is 0.942. The number of carbonyl (C=O) groups is 1. The van der Waals surface area contributed by atoms with Crippen LogP contribution in [0.1, 0.15) is 5.01 Å². The number of carbonyl (C=O) groups excluding carboxylic acids is 1. The van der Waals surface area contributed by atoms with Crippen LogP contribution in [0.5, 0.6) is 11.5 Å². The minimum Gasteiger partial charge on any atom is -0.495 e. The zero-order chi connectivity index (χ0) is 18.7. The van der Waals surface area contributed by atoms with Gasteiger partial charge in [0.05, 0.1) is 41.7 Å². The summed E-state index contributed by atoms with van der Waals surface area (Å²) in [4.78, 5) is 18.6. The number of halogens is 1. The minimum atomic E-state index is -0.288. The summed E-state index contributed by atoms with van der Waals surface area (Å²) in [6.45, 7) is 0.400. The molecule has 0 aliphatic heterocycles. The molecular formula is C18H18ClN3O3S. The Balaban J connectivity index is 1.73. The van der Waals surface area contributed by atoms with E-state index < -0.39 is 0 Å². The molecule has 0 bridgehead atoms. The van der Waals surface area contributed by atoms with E-state index in [2.05, 4.69) is 10.3 Å². The molecule has 2 amide bonds. The average molecular weight is 392 g/mol. The van der Waals surface area contributed by atoms with E-state index in [1.54, 1.807) is 35.4 Å². The van der Waals surface area contributed by atoms with Crippen molar-refractivity contribution in [1.29, 1.82) is 0 Å². The van der Waals surface area contributed by atoms with Gasteiger partial charge in [-0.3, -0.25) is 0 Å². The van der Waals surface area contributed by atoms with E-state index in [1.807, 2.05) is 24.3 Å². The number of rotatable bonds is 5. The second-order valence-corrected chi connectivity index (χ2v) is 7.07. The highest BCUT2D eigenvalue weighted by atomic mass is 35.5. The summed E-state index contributed by atoms with van der Waals surface area (Å²) in [5.41, 5.74) is 1.41. The highest BCUT2D eigenvalue weighted by molar-refractivity contribution is 7.18. The van der Waals surface area contributed by atoms with Crippen LogP contribution < -0.4 is 14.8 Å². The largest absolute Gasteiger partial charge is 0.495 e. The number of aromatic nitrogens is 1. The highest BCUT2D eigenvalue weighted by Gasteiger charge is 2.16. The smallest absolute Gasteiger partial charge is 0.322 e. The number of methoxy groups -OCH3 is 2. The first-order valence-corrected chi connectivity index (χ1v) is 8.99. The zero-order valence-corrected chi connectivity index (χ0v) is 16.1. The molecule has 0 saturated carbocycles. The summed E-state index contributed by atoms with van der Waals surface area (Å²) in [6, 6.07) is 10.8. The van der Waals surface area contributed by atoms with Gasteiger partial charge >= 0.3 is 6.03 Å². The second kappa shape index (κ2) is 7.80. The van der Waals surface area contributed by atoms with Gasteiger partial charge in [0, 0.05) is 13.1 Å². The third kappa shape index (κ3) is 3.84. The fourth-order valence-corrected chi connectivity index (χ4v) is 3.69. The number of benzene rings is 2. The third-order valence-corrected chi connectivity index (χ3v) is 5.09. The summed E-state index contributed by atoms with van der Waals surface area (Å²) in [6.07, 6.45) is 0. The lowest BCUT2D eigenvalue weighted by molar-refractivity contribution is 0.220. The Bertz CT molecular complexity index is 912. The predicted octanol–water partition coefficient (Wildman–Crippen LogP) is 4.63. The molecule has 136 valence electrons. The van der Waals surface area contributed by atoms with E-state index in [4.69, 9.17) is 21.1 Å². The molecule has 0 atom stereocenters. The van der Waals surface area contributed by atoms with Crippen molar-refractivity contribution in [2.24, 2.45) is 0 Å². The molecule has 3 aromatic rings. The second-order valence-electron chi connectivity index (χ2n) is 5.55. The van der Waals surface area contributed by atoms with E-state index in [9.17, 15) is 4.79 Å². The number of ether oxygens (including phenoxy) is 2. The Morgan fingerprint density at radius 2 is 1.96 bits per heavy atom. The fourth-order valence-electron chi connectivity index (χ4n) is 2.43. The van der Waals surface area contributed by atoms with Gasteiger partial charge in [-0.2, -0.15) is 0 Å². The van der Waals surface area contributed by atoms with Crippen LogP contribution in [-0.4, -0.2) is 37.2 Å². The predicted molar refractivity (Wildman–Crippen MR) is 105 cm³/mol. The molecule has 1 aromatic heterocycles. The van der Waals surface area contributed by atoms with Crippen molar-refractivity contribution in [1.82, 2.24) is 9.88 Å². The Morgan fingerprint density at radius 3 is 2.65 bits per heavy atom. The molecule has 0 aliphatic carbocycles. The normalized spacial score (nSPS) is 10.6. The van der Waals surface area contributed by atoms with E-state index in [0.717, 1.165) is 15.2 Å². The maximum Gasteiger partial charge on any atom is 0.322 e. The quantitative estimate of drug-likeness (QED) is 0.688. The molecule has 1 N–H and O–H groups in total. The first-order chi connectivity index (χ1) is 12.5. The molecule has 0 radical (unpaired) electrons. The number of nitrogens with zero attached hydrogens (tertiary/aromatic N) is 2. The maximum atomic E-state index is 12.5. The summed E-state index contributed by atoms with van der Waals surface area (Å²) < 4.78 is 11.6. The molecule has 2 aromatic carbocycles. The first-order valence-electron chi connectivity index (χ1n) is 7.80. The molecule has 1 heterocycles. The van der Waals surface area contributed by atoms with Crippen molar-refractivity contribution >= 4 is 44.9 Å². The van der Waals surface area contributed by atoms with Gasteiger partial charge in [0.2, 0.25) is 0 Å². The topological polar surface area (TPSA) is 63.7 Å². The number of fused-ring (bicyclic) bond motifs is 1. The molecule has 6 nitrogen and oxygen atoms in total. The number of urea groups is 1. The number of thiazole rings is 1. The Kier molecular flexibility index (Phi) is 5.49. The molecule has 0 fully saturated rings. The number of para-hydroxylation sites is 1. The van der Waals surface area contributed by atoms with Gasteiger partial charge in [-0.15, -0.1) is 11.3 Å². The van der Waals surface area contributed by atoms with Crippen LogP contribution in [-0.2, 0) is 6.54 Å². The van der Waals surface area contributed by atoms with Gasteiger partial charge in [-0.25, -0.2) is 9.78 Å². The van der Waals surface area contributed by atoms with Gasteiger partial charge in [-0.1, -0.05) is 23.7 Å². The van der Waals surface area contributed by atoms with Crippen LogP contribution >= 0.6 is 22.9 Å². The monoisotopic (exact) mass is 391 g/mol. The summed E-state index contributed by atoms with van der Waals surface area (Å²) >= 11 is 7.71. The van der Waals surface area contributed by atoms with Crippen LogP contribution in [0, 0.1) is 0 Å². The fraction of sp³-hybridized carbons (Fsp3) is 0.222. The zero-order valence-electron chi connectivity index (χ0n) is 14.6. The van der Waals surface area contributed by atoms with Crippen molar-refractivity contribution in [3.05, 3.63) is 46.4 Å².